The van der Waals surface area contributed by atoms with Gasteiger partial charge in [0.1, 0.15) is 5.92 Å². The van der Waals surface area contributed by atoms with Crippen molar-refractivity contribution in [3.05, 3.63) is 27.8 Å². The molecule has 0 amide bonds. The van der Waals surface area contributed by atoms with Gasteiger partial charge in [-0.05, 0) is 18.1 Å². The summed E-state index contributed by atoms with van der Waals surface area (Å²) in [6.07, 6.45) is -0.305. The Morgan fingerprint density at radius 1 is 1.50 bits per heavy atom. The van der Waals surface area contributed by atoms with Gasteiger partial charge in [-0.3, -0.25) is 14.9 Å². The van der Waals surface area contributed by atoms with Crippen LogP contribution in [0.15, 0.2) is 12.1 Å². The van der Waals surface area contributed by atoms with Gasteiger partial charge >= 0.3 is 11.7 Å². The molecular formula is C10H8N2O6. The molecule has 0 aromatic heterocycles. The van der Waals surface area contributed by atoms with Crippen molar-refractivity contribution in [2.24, 2.45) is 5.92 Å². The molecule has 8 heteroatoms. The summed E-state index contributed by atoms with van der Waals surface area (Å²) in [4.78, 5) is 20.3. The largest absolute Gasteiger partial charge is 0.504 e. The topological polar surface area (TPSA) is 145 Å². The number of phenolic OH excluding ortho intramolecular Hbond substituents is 2. The van der Waals surface area contributed by atoms with Crippen LogP contribution in [0.3, 0.4) is 0 Å². The minimum atomic E-state index is -1.38. The number of carboxylic acid groups (broad SMARTS) is 1. The summed E-state index contributed by atoms with van der Waals surface area (Å²) in [5.41, 5.74) is -0.668. The highest BCUT2D eigenvalue weighted by atomic mass is 16.6. The Labute approximate surface area is 100 Å². The monoisotopic (exact) mass is 252 g/mol. The Morgan fingerprint density at radius 2 is 2.11 bits per heavy atom. The zero-order valence-electron chi connectivity index (χ0n) is 8.90. The van der Waals surface area contributed by atoms with E-state index < -0.39 is 34.0 Å². The maximum absolute atomic E-state index is 10.6. The second-order valence-corrected chi connectivity index (χ2v) is 3.46. The highest BCUT2D eigenvalue weighted by Crippen LogP contribution is 2.36. The van der Waals surface area contributed by atoms with Gasteiger partial charge in [0.2, 0.25) is 5.75 Å². The second-order valence-electron chi connectivity index (χ2n) is 3.46. The molecule has 1 aromatic carbocycles. The van der Waals surface area contributed by atoms with E-state index in [0.29, 0.717) is 0 Å². The van der Waals surface area contributed by atoms with Gasteiger partial charge in [0, 0.05) is 6.07 Å². The molecule has 0 bridgehead atoms. The van der Waals surface area contributed by atoms with E-state index in [1.807, 2.05) is 0 Å². The fourth-order valence-corrected chi connectivity index (χ4v) is 1.34. The number of phenols is 2. The first kappa shape index (κ1) is 13.2. The van der Waals surface area contributed by atoms with E-state index in [1.165, 1.54) is 6.07 Å². The Kier molecular flexibility index (Phi) is 3.68. The molecule has 8 nitrogen and oxygen atoms in total. The van der Waals surface area contributed by atoms with Crippen LogP contribution in [-0.4, -0.2) is 26.2 Å². The number of aromatic hydroxyl groups is 2. The van der Waals surface area contributed by atoms with Gasteiger partial charge in [0.15, 0.2) is 5.75 Å². The lowest BCUT2D eigenvalue weighted by Gasteiger charge is -2.06. The molecule has 0 spiro atoms. The Balaban J connectivity index is 3.16. The van der Waals surface area contributed by atoms with Crippen molar-refractivity contribution < 1.29 is 25.0 Å². The third kappa shape index (κ3) is 2.65. The van der Waals surface area contributed by atoms with Crippen LogP contribution in [0.25, 0.3) is 0 Å². The number of rotatable bonds is 4. The van der Waals surface area contributed by atoms with Gasteiger partial charge < -0.3 is 15.3 Å². The van der Waals surface area contributed by atoms with Crippen molar-refractivity contribution in [2.75, 3.05) is 0 Å². The number of nitrogens with zero attached hydrogens (tertiary/aromatic N) is 2. The number of carboxylic acids is 1. The molecule has 0 aliphatic carbocycles. The van der Waals surface area contributed by atoms with E-state index in [-0.39, 0.29) is 12.0 Å². The molecule has 1 rings (SSSR count). The highest BCUT2D eigenvalue weighted by Gasteiger charge is 2.22. The summed E-state index contributed by atoms with van der Waals surface area (Å²) in [6, 6.07) is 3.42. The molecule has 0 radical (unpaired) electrons. The summed E-state index contributed by atoms with van der Waals surface area (Å²) < 4.78 is 0. The molecule has 0 fully saturated rings. The quantitative estimate of drug-likeness (QED) is 0.407. The number of aliphatic carboxylic acids is 1. The van der Waals surface area contributed by atoms with Gasteiger partial charge in [0.25, 0.3) is 0 Å². The van der Waals surface area contributed by atoms with Gasteiger partial charge in [-0.15, -0.1) is 0 Å². The number of carbonyl (C=O) groups is 1. The molecule has 0 saturated carbocycles. The molecule has 1 unspecified atom stereocenters. The minimum absolute atomic E-state index is 0.0750. The van der Waals surface area contributed by atoms with Crippen LogP contribution in [0.1, 0.15) is 5.56 Å². The van der Waals surface area contributed by atoms with Gasteiger partial charge in [-0.2, -0.15) is 5.26 Å². The molecule has 0 aliphatic rings. The number of hydrogen-bond donors (Lipinski definition) is 3. The molecule has 1 aromatic rings. The number of hydrogen-bond acceptors (Lipinski definition) is 6. The molecule has 18 heavy (non-hydrogen) atoms. The SMILES string of the molecule is N#CC(Cc1cc(O)c(O)c([N+](=O)[O-])c1)C(=O)O. The third-order valence-electron chi connectivity index (χ3n) is 2.22. The van der Waals surface area contributed by atoms with Crippen LogP contribution < -0.4 is 0 Å². The Hall–Kier alpha value is -2.82. The summed E-state index contributed by atoms with van der Waals surface area (Å²) in [7, 11) is 0. The summed E-state index contributed by atoms with van der Waals surface area (Å²) >= 11 is 0. The smallest absolute Gasteiger partial charge is 0.321 e. The highest BCUT2D eigenvalue weighted by molar-refractivity contribution is 5.73. The van der Waals surface area contributed by atoms with Crippen molar-refractivity contribution >= 4 is 11.7 Å². The van der Waals surface area contributed by atoms with E-state index in [0.717, 1.165) is 12.1 Å². The number of benzene rings is 1. The first-order valence-corrected chi connectivity index (χ1v) is 4.68. The van der Waals surface area contributed by atoms with Crippen LogP contribution in [0.5, 0.6) is 11.5 Å². The summed E-state index contributed by atoms with van der Waals surface area (Å²) in [5, 5.41) is 46.3. The first-order valence-electron chi connectivity index (χ1n) is 4.68. The van der Waals surface area contributed by atoms with Gasteiger partial charge in [-0.25, -0.2) is 0 Å². The minimum Gasteiger partial charge on any atom is -0.504 e. The van der Waals surface area contributed by atoms with Crippen molar-refractivity contribution in [3.8, 4) is 17.6 Å². The van der Waals surface area contributed by atoms with Crippen molar-refractivity contribution in [1.82, 2.24) is 0 Å². The van der Waals surface area contributed by atoms with E-state index in [4.69, 9.17) is 10.4 Å². The van der Waals surface area contributed by atoms with Crippen LogP contribution in [0.2, 0.25) is 0 Å². The lowest BCUT2D eigenvalue weighted by atomic mass is 10.00. The van der Waals surface area contributed by atoms with Crippen LogP contribution in [-0.2, 0) is 11.2 Å². The zero-order chi connectivity index (χ0) is 13.9. The molecule has 0 saturated heterocycles. The molecule has 1 atom stereocenters. The van der Waals surface area contributed by atoms with E-state index in [1.54, 1.807) is 0 Å². The standard InChI is InChI=1S/C10H8N2O6/c11-4-6(10(15)16)1-5-2-7(12(17)18)9(14)8(13)3-5/h2-3,6,13-14H,1H2,(H,15,16). The average molecular weight is 252 g/mol. The predicted octanol–water partition coefficient (Wildman–Crippen LogP) is 0.773. The third-order valence-corrected chi connectivity index (χ3v) is 2.22. The average Bonchev–Trinajstić information content (AvgIpc) is 2.29. The number of nitriles is 1. The maximum Gasteiger partial charge on any atom is 0.321 e. The molecule has 94 valence electrons. The predicted molar refractivity (Wildman–Crippen MR) is 56.9 cm³/mol. The second kappa shape index (κ2) is 5.01. The number of nitro benzene ring substituents is 1. The molecule has 0 aliphatic heterocycles. The van der Waals surface area contributed by atoms with Crippen molar-refractivity contribution in [2.45, 2.75) is 6.42 Å². The maximum atomic E-state index is 10.6. The molecular weight excluding hydrogens is 244 g/mol. The lowest BCUT2D eigenvalue weighted by Crippen LogP contribution is -2.14. The summed E-state index contributed by atoms with van der Waals surface area (Å²) in [5.74, 6) is -4.38. The molecule has 3 N–H and O–H groups in total. The van der Waals surface area contributed by atoms with Crippen molar-refractivity contribution in [1.29, 1.82) is 5.26 Å². The van der Waals surface area contributed by atoms with Crippen LogP contribution in [0, 0.1) is 27.4 Å². The van der Waals surface area contributed by atoms with Gasteiger partial charge in [-0.1, -0.05) is 0 Å². The van der Waals surface area contributed by atoms with Crippen LogP contribution in [0.4, 0.5) is 5.69 Å². The van der Waals surface area contributed by atoms with E-state index in [9.17, 15) is 25.1 Å². The van der Waals surface area contributed by atoms with E-state index in [2.05, 4.69) is 0 Å². The lowest BCUT2D eigenvalue weighted by molar-refractivity contribution is -0.386. The first-order chi connectivity index (χ1) is 8.36. The normalized spacial score (nSPS) is 11.5. The fourth-order valence-electron chi connectivity index (χ4n) is 1.34. The Morgan fingerprint density at radius 3 is 2.56 bits per heavy atom. The molecule has 0 heterocycles. The van der Waals surface area contributed by atoms with Crippen LogP contribution >= 0.6 is 0 Å². The van der Waals surface area contributed by atoms with Crippen molar-refractivity contribution in [3.63, 3.8) is 0 Å². The summed E-state index contributed by atoms with van der Waals surface area (Å²) in [6.45, 7) is 0. The fraction of sp³-hybridized carbons (Fsp3) is 0.200. The number of nitro groups is 1. The van der Waals surface area contributed by atoms with E-state index >= 15 is 0 Å². The van der Waals surface area contributed by atoms with Gasteiger partial charge in [0.05, 0.1) is 11.0 Å². The zero-order valence-corrected chi connectivity index (χ0v) is 8.90. The Bertz CT molecular complexity index is 548.